The molecule has 0 aliphatic rings. The first kappa shape index (κ1) is 12.3. The molecule has 0 atom stereocenters. The molecule has 0 bridgehead atoms. The van der Waals surface area contributed by atoms with Crippen molar-refractivity contribution >= 4 is 32.8 Å². The molecule has 108 valence electrons. The second-order valence-electron chi connectivity index (χ2n) is 5.43. The van der Waals surface area contributed by atoms with Gasteiger partial charge in [0.2, 0.25) is 0 Å². The summed E-state index contributed by atoms with van der Waals surface area (Å²) in [5.74, 6) is 0. The second-order valence-corrected chi connectivity index (χ2v) is 5.43. The number of nitrogens with zero attached hydrogens (tertiary/aromatic N) is 3. The molecule has 23 heavy (non-hydrogen) atoms. The lowest BCUT2D eigenvalue weighted by atomic mass is 10.1. The molecule has 0 unspecified atom stereocenters. The van der Waals surface area contributed by atoms with Crippen molar-refractivity contribution in [3.63, 3.8) is 0 Å². The summed E-state index contributed by atoms with van der Waals surface area (Å²) in [7, 11) is 0. The van der Waals surface area contributed by atoms with Crippen molar-refractivity contribution in [2.75, 3.05) is 0 Å². The van der Waals surface area contributed by atoms with Crippen LogP contribution in [0.3, 0.4) is 0 Å². The molecule has 0 amide bonds. The highest BCUT2D eigenvalue weighted by Gasteiger charge is 2.11. The summed E-state index contributed by atoms with van der Waals surface area (Å²) in [6, 6.07) is 14.0. The van der Waals surface area contributed by atoms with Gasteiger partial charge in [0.05, 0.1) is 17.4 Å². The Morgan fingerprint density at radius 3 is 2.74 bits per heavy atom. The average Bonchev–Trinajstić information content (AvgIpc) is 2.99. The topological polar surface area (TPSA) is 51.8 Å². The van der Waals surface area contributed by atoms with Crippen molar-refractivity contribution in [1.29, 1.82) is 0 Å². The summed E-state index contributed by atoms with van der Waals surface area (Å²) in [6.45, 7) is 0. The predicted molar refractivity (Wildman–Crippen MR) is 90.0 cm³/mol. The lowest BCUT2D eigenvalue weighted by molar-refractivity contribution is 0.667. The van der Waals surface area contributed by atoms with E-state index in [2.05, 4.69) is 21.0 Å². The molecule has 4 nitrogen and oxygen atoms in total. The van der Waals surface area contributed by atoms with Gasteiger partial charge in [-0.25, -0.2) is 0 Å². The predicted octanol–water partition coefficient (Wildman–Crippen LogP) is 4.59. The van der Waals surface area contributed by atoms with Gasteiger partial charge in [-0.3, -0.25) is 15.0 Å². The molecule has 4 aromatic heterocycles. The van der Waals surface area contributed by atoms with Crippen LogP contribution in [0.25, 0.3) is 44.1 Å². The number of aromatic nitrogens is 3. The van der Waals surface area contributed by atoms with E-state index in [0.29, 0.717) is 0 Å². The Labute approximate surface area is 131 Å². The van der Waals surface area contributed by atoms with E-state index in [1.54, 1.807) is 12.4 Å². The van der Waals surface area contributed by atoms with Gasteiger partial charge >= 0.3 is 0 Å². The van der Waals surface area contributed by atoms with Crippen molar-refractivity contribution in [1.82, 2.24) is 15.0 Å². The lowest BCUT2D eigenvalue weighted by Crippen LogP contribution is -1.89. The average molecular weight is 297 g/mol. The van der Waals surface area contributed by atoms with Crippen molar-refractivity contribution < 1.29 is 4.42 Å². The third kappa shape index (κ3) is 1.82. The van der Waals surface area contributed by atoms with Crippen LogP contribution in [-0.4, -0.2) is 15.0 Å². The van der Waals surface area contributed by atoms with Gasteiger partial charge in [-0.05, 0) is 24.3 Å². The summed E-state index contributed by atoms with van der Waals surface area (Å²) in [6.07, 6.45) is 7.19. The Morgan fingerprint density at radius 1 is 0.783 bits per heavy atom. The fourth-order valence-electron chi connectivity index (χ4n) is 2.97. The van der Waals surface area contributed by atoms with E-state index in [-0.39, 0.29) is 0 Å². The Kier molecular flexibility index (Phi) is 2.46. The van der Waals surface area contributed by atoms with Gasteiger partial charge in [0.15, 0.2) is 5.58 Å². The smallest absolute Gasteiger partial charge is 0.153 e. The van der Waals surface area contributed by atoms with E-state index in [0.717, 1.165) is 44.1 Å². The first-order chi connectivity index (χ1) is 11.4. The molecule has 4 heterocycles. The molecule has 0 radical (unpaired) electrons. The van der Waals surface area contributed by atoms with E-state index in [1.807, 2.05) is 48.8 Å². The molecule has 0 fully saturated rings. The number of rotatable bonds is 1. The summed E-state index contributed by atoms with van der Waals surface area (Å²) in [4.78, 5) is 13.3. The number of hydrogen-bond donors (Lipinski definition) is 0. The maximum Gasteiger partial charge on any atom is 0.153 e. The molecule has 0 saturated carbocycles. The van der Waals surface area contributed by atoms with Crippen LogP contribution in [0.1, 0.15) is 0 Å². The van der Waals surface area contributed by atoms with Gasteiger partial charge < -0.3 is 4.42 Å². The minimum atomic E-state index is 0.788. The molecule has 0 saturated heterocycles. The van der Waals surface area contributed by atoms with E-state index < -0.39 is 0 Å². The fourth-order valence-corrected chi connectivity index (χ4v) is 2.97. The van der Waals surface area contributed by atoms with Crippen molar-refractivity contribution in [2.24, 2.45) is 0 Å². The number of para-hydroxylation sites is 1. The zero-order chi connectivity index (χ0) is 15.2. The molecule has 5 aromatic rings. The molecule has 5 rings (SSSR count). The molecule has 0 spiro atoms. The van der Waals surface area contributed by atoms with E-state index in [9.17, 15) is 0 Å². The number of furan rings is 1. The van der Waals surface area contributed by atoms with Crippen molar-refractivity contribution in [3.8, 4) is 11.3 Å². The van der Waals surface area contributed by atoms with Gasteiger partial charge in [-0.15, -0.1) is 0 Å². The Balaban J connectivity index is 1.84. The lowest BCUT2D eigenvalue weighted by Gasteiger charge is -2.04. The van der Waals surface area contributed by atoms with Crippen LogP contribution >= 0.6 is 0 Å². The third-order valence-corrected chi connectivity index (χ3v) is 4.05. The monoisotopic (exact) mass is 297 g/mol. The van der Waals surface area contributed by atoms with Crippen molar-refractivity contribution in [2.45, 2.75) is 0 Å². The molecule has 0 aliphatic heterocycles. The first-order valence-corrected chi connectivity index (χ1v) is 7.36. The highest BCUT2D eigenvalue weighted by Crippen LogP contribution is 2.32. The zero-order valence-corrected chi connectivity index (χ0v) is 12.1. The summed E-state index contributed by atoms with van der Waals surface area (Å²) < 4.78 is 5.84. The fraction of sp³-hybridized carbons (Fsp3) is 0. The standard InChI is InChI=1S/C19H11N3O/c1-2-6-17-13(5-1)14-8-16(22-11-18(14)23-17)15-10-20-9-12-4-3-7-21-19(12)15/h1-11H. The van der Waals surface area contributed by atoms with Crippen molar-refractivity contribution in [3.05, 3.63) is 67.3 Å². The largest absolute Gasteiger partial charge is 0.454 e. The Bertz CT molecular complexity index is 1170. The van der Waals surface area contributed by atoms with Gasteiger partial charge in [0.1, 0.15) is 5.58 Å². The number of fused-ring (bicyclic) bond motifs is 4. The van der Waals surface area contributed by atoms with Crippen LogP contribution in [0.2, 0.25) is 0 Å². The summed E-state index contributed by atoms with van der Waals surface area (Å²) in [5, 5.41) is 3.15. The van der Waals surface area contributed by atoms with Crippen LogP contribution in [0, 0.1) is 0 Å². The second kappa shape index (κ2) is 4.61. The molecule has 0 aliphatic carbocycles. The minimum Gasteiger partial charge on any atom is -0.454 e. The Morgan fingerprint density at radius 2 is 1.74 bits per heavy atom. The zero-order valence-electron chi connectivity index (χ0n) is 12.1. The van der Waals surface area contributed by atoms with E-state index >= 15 is 0 Å². The highest BCUT2D eigenvalue weighted by molar-refractivity contribution is 6.06. The summed E-state index contributed by atoms with van der Waals surface area (Å²) in [5.41, 5.74) is 4.34. The van der Waals surface area contributed by atoms with Crippen LogP contribution in [0.5, 0.6) is 0 Å². The van der Waals surface area contributed by atoms with Crippen LogP contribution in [0.4, 0.5) is 0 Å². The number of pyridine rings is 3. The Hall–Kier alpha value is -3.27. The van der Waals surface area contributed by atoms with E-state index in [1.165, 1.54) is 0 Å². The van der Waals surface area contributed by atoms with Crippen LogP contribution < -0.4 is 0 Å². The van der Waals surface area contributed by atoms with Crippen LogP contribution in [0.15, 0.2) is 71.7 Å². The first-order valence-electron chi connectivity index (χ1n) is 7.36. The molecule has 4 heteroatoms. The normalized spacial score (nSPS) is 11.5. The van der Waals surface area contributed by atoms with Gasteiger partial charge in [-0.2, -0.15) is 0 Å². The quantitative estimate of drug-likeness (QED) is 0.454. The van der Waals surface area contributed by atoms with Gasteiger partial charge in [-0.1, -0.05) is 18.2 Å². The molecule has 0 N–H and O–H groups in total. The minimum absolute atomic E-state index is 0.788. The van der Waals surface area contributed by atoms with Gasteiger partial charge in [0, 0.05) is 40.3 Å². The number of benzene rings is 1. The molecule has 1 aromatic carbocycles. The summed E-state index contributed by atoms with van der Waals surface area (Å²) >= 11 is 0. The maximum atomic E-state index is 5.84. The highest BCUT2D eigenvalue weighted by atomic mass is 16.3. The van der Waals surface area contributed by atoms with Gasteiger partial charge in [0.25, 0.3) is 0 Å². The number of hydrogen-bond acceptors (Lipinski definition) is 4. The molecular formula is C19H11N3O. The van der Waals surface area contributed by atoms with E-state index in [4.69, 9.17) is 4.42 Å². The van der Waals surface area contributed by atoms with Crippen LogP contribution in [-0.2, 0) is 0 Å². The maximum absolute atomic E-state index is 5.84. The SMILES string of the molecule is c1cnc2c(-c3cc4c(cn3)oc3ccccc34)cncc2c1. The molecular weight excluding hydrogens is 286 g/mol. The third-order valence-electron chi connectivity index (χ3n) is 4.05.